The number of halogens is 3. The highest BCUT2D eigenvalue weighted by Crippen LogP contribution is 2.35. The summed E-state index contributed by atoms with van der Waals surface area (Å²) in [6.07, 6.45) is 9.67. The lowest BCUT2D eigenvalue weighted by atomic mass is 10.00. The molecule has 0 fully saturated rings. The number of benzene rings is 2. The van der Waals surface area contributed by atoms with Crippen molar-refractivity contribution in [2.75, 3.05) is 13.2 Å². The summed E-state index contributed by atoms with van der Waals surface area (Å²) in [5, 5.41) is 0.571. The molecule has 0 aliphatic rings. The first kappa shape index (κ1) is 37.0. The zero-order valence-electron chi connectivity index (χ0n) is 27.5. The summed E-state index contributed by atoms with van der Waals surface area (Å²) < 4.78 is 60.6. The standard InChI is InChI=1S/C37H49F3O6/c1-4-5-14-17-28-18-21-31(34(24-28)46-37(38,39)40)32-25-29-19-20-30(26-33(29)45-36(32)42)43-22-15-12-10-8-6-7-9-11-13-16-23-44-35(41)27(2)3/h18-21,24-27H,4-17,22-23H2,1-3H3. The Kier molecular flexibility index (Phi) is 15.5. The van der Waals surface area contributed by atoms with Gasteiger partial charge in [-0.3, -0.25) is 4.79 Å². The van der Waals surface area contributed by atoms with Gasteiger partial charge in [0.05, 0.1) is 24.7 Å². The lowest BCUT2D eigenvalue weighted by Crippen LogP contribution is -2.18. The zero-order valence-corrected chi connectivity index (χ0v) is 27.5. The Morgan fingerprint density at radius 1 is 0.783 bits per heavy atom. The van der Waals surface area contributed by atoms with Crippen LogP contribution in [0.5, 0.6) is 11.5 Å². The van der Waals surface area contributed by atoms with Gasteiger partial charge in [-0.25, -0.2) is 4.79 Å². The molecule has 0 saturated heterocycles. The molecule has 2 aromatic carbocycles. The minimum absolute atomic E-state index is 0.00455. The van der Waals surface area contributed by atoms with Crippen molar-refractivity contribution in [3.05, 3.63) is 58.4 Å². The fraction of sp³-hybridized carbons (Fsp3) is 0.568. The maximum absolute atomic E-state index is 13.2. The first-order valence-corrected chi connectivity index (χ1v) is 16.8. The smallest absolute Gasteiger partial charge is 0.493 e. The molecule has 46 heavy (non-hydrogen) atoms. The van der Waals surface area contributed by atoms with Gasteiger partial charge in [0, 0.05) is 17.0 Å². The minimum Gasteiger partial charge on any atom is -0.493 e. The van der Waals surface area contributed by atoms with Crippen molar-refractivity contribution in [1.29, 1.82) is 0 Å². The monoisotopic (exact) mass is 646 g/mol. The fourth-order valence-corrected chi connectivity index (χ4v) is 5.25. The molecule has 0 aliphatic carbocycles. The predicted molar refractivity (Wildman–Crippen MR) is 175 cm³/mol. The van der Waals surface area contributed by atoms with Crippen LogP contribution in [0.25, 0.3) is 22.1 Å². The number of carbonyl (C=O) groups is 1. The highest BCUT2D eigenvalue weighted by Gasteiger charge is 2.33. The molecule has 3 rings (SSSR count). The first-order chi connectivity index (χ1) is 22.1. The van der Waals surface area contributed by atoms with Crippen molar-refractivity contribution in [3.63, 3.8) is 0 Å². The van der Waals surface area contributed by atoms with E-state index >= 15 is 0 Å². The number of fused-ring (bicyclic) bond motifs is 1. The van der Waals surface area contributed by atoms with Crippen molar-refractivity contribution < 1.29 is 36.6 Å². The molecule has 0 amide bonds. The Labute approximate surface area is 270 Å². The second kappa shape index (κ2) is 19.2. The van der Waals surface area contributed by atoms with Gasteiger partial charge in [0.2, 0.25) is 0 Å². The number of unbranched alkanes of at least 4 members (excludes halogenated alkanes) is 11. The van der Waals surface area contributed by atoms with E-state index in [2.05, 4.69) is 11.7 Å². The number of rotatable bonds is 21. The number of esters is 1. The molecule has 0 unspecified atom stereocenters. The van der Waals surface area contributed by atoms with Crippen molar-refractivity contribution in [2.45, 2.75) is 117 Å². The van der Waals surface area contributed by atoms with Crippen LogP contribution in [0.3, 0.4) is 0 Å². The van der Waals surface area contributed by atoms with Crippen LogP contribution in [0.1, 0.15) is 110 Å². The average molecular weight is 647 g/mol. The van der Waals surface area contributed by atoms with E-state index in [1.807, 2.05) is 13.8 Å². The summed E-state index contributed by atoms with van der Waals surface area (Å²) in [5.74, 6) is -0.0293. The van der Waals surface area contributed by atoms with Crippen molar-refractivity contribution in [2.24, 2.45) is 5.92 Å². The lowest BCUT2D eigenvalue weighted by molar-refractivity contribution is -0.274. The van der Waals surface area contributed by atoms with Gasteiger partial charge in [0.25, 0.3) is 0 Å². The van der Waals surface area contributed by atoms with E-state index in [0.717, 1.165) is 56.9 Å². The van der Waals surface area contributed by atoms with Crippen LogP contribution < -0.4 is 15.1 Å². The van der Waals surface area contributed by atoms with Crippen molar-refractivity contribution in [3.8, 4) is 22.6 Å². The first-order valence-electron chi connectivity index (χ1n) is 16.8. The molecular formula is C37H49F3O6. The quantitative estimate of drug-likeness (QED) is 0.0651. The van der Waals surface area contributed by atoms with Gasteiger partial charge in [0.15, 0.2) is 0 Å². The van der Waals surface area contributed by atoms with Crippen LogP contribution in [0.2, 0.25) is 0 Å². The molecule has 254 valence electrons. The van der Waals surface area contributed by atoms with Gasteiger partial charge in [-0.15, -0.1) is 13.2 Å². The van der Waals surface area contributed by atoms with Gasteiger partial charge >= 0.3 is 18.0 Å². The number of carbonyl (C=O) groups excluding carboxylic acids is 1. The van der Waals surface area contributed by atoms with E-state index in [9.17, 15) is 22.8 Å². The topological polar surface area (TPSA) is 75.0 Å². The Bertz CT molecular complexity index is 1410. The van der Waals surface area contributed by atoms with E-state index in [1.165, 1.54) is 50.3 Å². The molecule has 3 aromatic rings. The van der Waals surface area contributed by atoms with E-state index < -0.39 is 17.7 Å². The Morgan fingerprint density at radius 2 is 1.43 bits per heavy atom. The predicted octanol–water partition coefficient (Wildman–Crippen LogP) is 10.6. The Morgan fingerprint density at radius 3 is 2.07 bits per heavy atom. The summed E-state index contributed by atoms with van der Waals surface area (Å²) in [7, 11) is 0. The Hall–Kier alpha value is -3.49. The molecule has 1 heterocycles. The number of hydrogen-bond donors (Lipinski definition) is 0. The van der Waals surface area contributed by atoms with E-state index in [1.54, 1.807) is 24.3 Å². The molecule has 0 spiro atoms. The SMILES string of the molecule is CCCCCc1ccc(-c2cc3ccc(OCCCCCCCCCCCCOC(=O)C(C)C)cc3oc2=O)c(OC(F)(F)F)c1. The molecule has 0 radical (unpaired) electrons. The minimum atomic E-state index is -4.89. The molecular weight excluding hydrogens is 597 g/mol. The van der Waals surface area contributed by atoms with Gasteiger partial charge in [-0.2, -0.15) is 0 Å². The summed E-state index contributed by atoms with van der Waals surface area (Å²) in [6.45, 7) is 6.81. The third-order valence-corrected chi connectivity index (χ3v) is 7.86. The van der Waals surface area contributed by atoms with E-state index in [4.69, 9.17) is 13.9 Å². The van der Waals surface area contributed by atoms with Gasteiger partial charge in [-0.05, 0) is 55.5 Å². The van der Waals surface area contributed by atoms with Crippen LogP contribution >= 0.6 is 0 Å². The molecule has 0 N–H and O–H groups in total. The van der Waals surface area contributed by atoms with E-state index in [-0.39, 0.29) is 23.0 Å². The maximum atomic E-state index is 13.2. The third kappa shape index (κ3) is 13.1. The number of hydrogen-bond acceptors (Lipinski definition) is 6. The third-order valence-electron chi connectivity index (χ3n) is 7.86. The molecule has 0 aliphatic heterocycles. The van der Waals surface area contributed by atoms with Crippen LogP contribution in [0.4, 0.5) is 13.2 Å². The maximum Gasteiger partial charge on any atom is 0.573 e. The highest BCUT2D eigenvalue weighted by atomic mass is 19.4. The fourth-order valence-electron chi connectivity index (χ4n) is 5.25. The van der Waals surface area contributed by atoms with Gasteiger partial charge in [-0.1, -0.05) is 97.1 Å². The number of alkyl halides is 3. The van der Waals surface area contributed by atoms with Gasteiger partial charge in [0.1, 0.15) is 17.1 Å². The lowest BCUT2D eigenvalue weighted by Gasteiger charge is -2.15. The van der Waals surface area contributed by atoms with Gasteiger partial charge < -0.3 is 18.6 Å². The van der Waals surface area contributed by atoms with Crippen LogP contribution in [0.15, 0.2) is 51.7 Å². The van der Waals surface area contributed by atoms with Crippen molar-refractivity contribution in [1.82, 2.24) is 0 Å². The summed E-state index contributed by atoms with van der Waals surface area (Å²) in [4.78, 5) is 24.4. The average Bonchev–Trinajstić information content (AvgIpc) is 3.00. The van der Waals surface area contributed by atoms with Crippen LogP contribution in [-0.4, -0.2) is 25.5 Å². The molecule has 9 heteroatoms. The second-order valence-electron chi connectivity index (χ2n) is 12.2. The van der Waals surface area contributed by atoms with Crippen LogP contribution in [-0.2, 0) is 16.0 Å². The Balaban J connectivity index is 1.43. The second-order valence-corrected chi connectivity index (χ2v) is 12.2. The van der Waals surface area contributed by atoms with Crippen LogP contribution in [0, 0.1) is 5.92 Å². The highest BCUT2D eigenvalue weighted by molar-refractivity contribution is 5.84. The van der Waals surface area contributed by atoms with E-state index in [0.29, 0.717) is 36.4 Å². The normalized spacial score (nSPS) is 11.7. The summed E-state index contributed by atoms with van der Waals surface area (Å²) in [6, 6.07) is 11.3. The molecule has 1 aromatic heterocycles. The summed E-state index contributed by atoms with van der Waals surface area (Å²) in [5.41, 5.74) is 0.313. The summed E-state index contributed by atoms with van der Waals surface area (Å²) >= 11 is 0. The molecule has 0 bridgehead atoms. The van der Waals surface area contributed by atoms with Crippen molar-refractivity contribution >= 4 is 16.9 Å². The zero-order chi connectivity index (χ0) is 33.4. The number of aryl methyl sites for hydroxylation is 1. The molecule has 0 saturated carbocycles. The molecule has 0 atom stereocenters. The number of ether oxygens (including phenoxy) is 3. The largest absolute Gasteiger partial charge is 0.573 e. The molecule has 6 nitrogen and oxygen atoms in total.